The van der Waals surface area contributed by atoms with E-state index in [4.69, 9.17) is 0 Å². The maximum atomic E-state index is 11.8. The Morgan fingerprint density at radius 2 is 2.33 bits per heavy atom. The van der Waals surface area contributed by atoms with Gasteiger partial charge in [-0.25, -0.2) is 4.98 Å². The van der Waals surface area contributed by atoms with E-state index in [1.54, 1.807) is 6.20 Å². The van der Waals surface area contributed by atoms with Crippen LogP contribution >= 0.6 is 23.1 Å². The molecule has 2 rings (SSSR count). The number of thioether (sulfide) groups is 1. The Hall–Kier alpha value is -1.38. The number of hydrogen-bond acceptors (Lipinski definition) is 6. The molecule has 0 unspecified atom stereocenters. The van der Waals surface area contributed by atoms with Crippen LogP contribution in [-0.4, -0.2) is 40.7 Å². The molecule has 0 aliphatic rings. The van der Waals surface area contributed by atoms with Crippen molar-refractivity contribution in [3.63, 3.8) is 0 Å². The lowest BCUT2D eigenvalue weighted by Crippen LogP contribution is -2.32. The normalized spacial score (nSPS) is 10.9. The van der Waals surface area contributed by atoms with Gasteiger partial charge >= 0.3 is 0 Å². The average molecular weight is 326 g/mol. The summed E-state index contributed by atoms with van der Waals surface area (Å²) in [6.07, 6.45) is 1.71. The average Bonchev–Trinajstić information content (AvgIpc) is 2.92. The second kappa shape index (κ2) is 8.16. The van der Waals surface area contributed by atoms with Crippen LogP contribution in [0, 0.1) is 0 Å². The number of thiazole rings is 1. The first-order chi connectivity index (χ1) is 10.2. The molecule has 0 saturated heterocycles. The van der Waals surface area contributed by atoms with E-state index in [2.05, 4.69) is 15.6 Å². The molecule has 0 aliphatic heterocycles. The zero-order valence-electron chi connectivity index (χ0n) is 11.8. The standard InChI is InChI=1S/C13H18N4O2S2/c1-2-14-3-4-15-11(18)9-20-8-10-7-12(19)17-5-6-21-13(17)16-10/h5-7,14H,2-4,8-9H2,1H3,(H,15,18). The van der Waals surface area contributed by atoms with Gasteiger partial charge in [-0.05, 0) is 6.54 Å². The highest BCUT2D eigenvalue weighted by molar-refractivity contribution is 7.99. The highest BCUT2D eigenvalue weighted by Gasteiger charge is 2.05. The molecule has 0 spiro atoms. The third-order valence-electron chi connectivity index (χ3n) is 2.71. The van der Waals surface area contributed by atoms with E-state index in [9.17, 15) is 9.59 Å². The molecule has 0 bridgehead atoms. The minimum absolute atomic E-state index is 0.00632. The van der Waals surface area contributed by atoms with E-state index in [0.717, 1.165) is 13.1 Å². The number of carbonyl (C=O) groups is 1. The predicted octanol–water partition coefficient (Wildman–Crippen LogP) is 0.715. The molecule has 2 N–H and O–H groups in total. The number of rotatable bonds is 8. The van der Waals surface area contributed by atoms with E-state index in [0.29, 0.717) is 28.7 Å². The zero-order chi connectivity index (χ0) is 15.1. The van der Waals surface area contributed by atoms with Gasteiger partial charge < -0.3 is 10.6 Å². The van der Waals surface area contributed by atoms with E-state index >= 15 is 0 Å². The fourth-order valence-corrected chi connectivity index (χ4v) is 3.21. The minimum atomic E-state index is -0.0769. The van der Waals surface area contributed by atoms with Gasteiger partial charge in [0, 0.05) is 36.5 Å². The molecule has 0 aliphatic carbocycles. The quantitative estimate of drug-likeness (QED) is 0.699. The Kier molecular flexibility index (Phi) is 6.21. The molecule has 0 fully saturated rings. The number of aromatic nitrogens is 2. The van der Waals surface area contributed by atoms with Crippen molar-refractivity contribution in [3.05, 3.63) is 33.7 Å². The number of amides is 1. The number of nitrogens with one attached hydrogen (secondary N) is 2. The minimum Gasteiger partial charge on any atom is -0.354 e. The van der Waals surface area contributed by atoms with Crippen LogP contribution in [0.15, 0.2) is 22.4 Å². The molecule has 21 heavy (non-hydrogen) atoms. The third kappa shape index (κ3) is 4.83. The summed E-state index contributed by atoms with van der Waals surface area (Å²) < 4.78 is 1.52. The third-order valence-corrected chi connectivity index (χ3v) is 4.44. The summed E-state index contributed by atoms with van der Waals surface area (Å²) in [5.74, 6) is 0.939. The van der Waals surface area contributed by atoms with Crippen molar-refractivity contribution < 1.29 is 4.79 Å². The fraction of sp³-hybridized carbons (Fsp3) is 0.462. The Labute approximate surface area is 131 Å². The van der Waals surface area contributed by atoms with Gasteiger partial charge in [-0.2, -0.15) is 0 Å². The highest BCUT2D eigenvalue weighted by atomic mass is 32.2. The van der Waals surface area contributed by atoms with Gasteiger partial charge in [0.15, 0.2) is 4.96 Å². The SMILES string of the molecule is CCNCCNC(=O)CSCc1cc(=O)n2ccsc2n1. The Morgan fingerprint density at radius 3 is 3.14 bits per heavy atom. The summed E-state index contributed by atoms with van der Waals surface area (Å²) in [6, 6.07) is 1.52. The zero-order valence-corrected chi connectivity index (χ0v) is 13.4. The van der Waals surface area contributed by atoms with Crippen LogP contribution < -0.4 is 16.2 Å². The maximum Gasteiger partial charge on any atom is 0.258 e. The largest absolute Gasteiger partial charge is 0.354 e. The molecule has 1 amide bonds. The van der Waals surface area contributed by atoms with Gasteiger partial charge in [-0.1, -0.05) is 6.92 Å². The number of fused-ring (bicyclic) bond motifs is 1. The first-order valence-corrected chi connectivity index (χ1v) is 8.75. The molecular weight excluding hydrogens is 308 g/mol. The number of hydrogen-bond donors (Lipinski definition) is 2. The molecule has 6 nitrogen and oxygen atoms in total. The topological polar surface area (TPSA) is 75.5 Å². The summed E-state index contributed by atoms with van der Waals surface area (Å²) in [5, 5.41) is 7.80. The molecule has 2 heterocycles. The van der Waals surface area contributed by atoms with Crippen molar-refractivity contribution in [2.45, 2.75) is 12.7 Å². The van der Waals surface area contributed by atoms with E-state index in [1.807, 2.05) is 12.3 Å². The van der Waals surface area contributed by atoms with Crippen LogP contribution in [0.25, 0.3) is 4.96 Å². The van der Waals surface area contributed by atoms with E-state index in [1.165, 1.54) is 33.6 Å². The smallest absolute Gasteiger partial charge is 0.258 e. The molecular formula is C13H18N4O2S2. The second-order valence-electron chi connectivity index (χ2n) is 4.34. The van der Waals surface area contributed by atoms with Gasteiger partial charge in [0.2, 0.25) is 5.91 Å². The first-order valence-electron chi connectivity index (χ1n) is 6.71. The molecule has 114 valence electrons. The molecule has 0 atom stereocenters. The van der Waals surface area contributed by atoms with Crippen LogP contribution in [0.2, 0.25) is 0 Å². The van der Waals surface area contributed by atoms with Crippen molar-refractivity contribution in [1.82, 2.24) is 20.0 Å². The summed E-state index contributed by atoms with van der Waals surface area (Å²) in [6.45, 7) is 4.34. The summed E-state index contributed by atoms with van der Waals surface area (Å²) in [7, 11) is 0. The van der Waals surface area contributed by atoms with Crippen molar-refractivity contribution >= 4 is 34.0 Å². The second-order valence-corrected chi connectivity index (χ2v) is 6.20. The van der Waals surface area contributed by atoms with E-state index in [-0.39, 0.29) is 11.5 Å². The molecule has 8 heteroatoms. The van der Waals surface area contributed by atoms with Gasteiger partial charge in [0.1, 0.15) is 0 Å². The first kappa shape index (κ1) is 16.0. The monoisotopic (exact) mass is 326 g/mol. The lowest BCUT2D eigenvalue weighted by atomic mass is 10.4. The number of likely N-dealkylation sites (N-methyl/N-ethyl adjacent to an activating group) is 1. The number of carbonyl (C=O) groups excluding carboxylic acids is 1. The molecule has 2 aromatic rings. The van der Waals surface area contributed by atoms with Gasteiger partial charge in [-0.3, -0.25) is 14.0 Å². The van der Waals surface area contributed by atoms with Crippen LogP contribution in [0.1, 0.15) is 12.6 Å². The fourth-order valence-electron chi connectivity index (χ4n) is 1.73. The van der Waals surface area contributed by atoms with Crippen molar-refractivity contribution in [2.24, 2.45) is 0 Å². The lowest BCUT2D eigenvalue weighted by molar-refractivity contribution is -0.118. The molecule has 0 saturated carbocycles. The van der Waals surface area contributed by atoms with Crippen LogP contribution in [0.5, 0.6) is 0 Å². The van der Waals surface area contributed by atoms with Crippen molar-refractivity contribution in [1.29, 1.82) is 0 Å². The van der Waals surface area contributed by atoms with Gasteiger partial charge in [0.25, 0.3) is 5.56 Å². The van der Waals surface area contributed by atoms with Crippen LogP contribution in [0.4, 0.5) is 0 Å². The van der Waals surface area contributed by atoms with Crippen LogP contribution in [-0.2, 0) is 10.5 Å². The number of nitrogens with zero attached hydrogens (tertiary/aromatic N) is 2. The highest BCUT2D eigenvalue weighted by Crippen LogP contribution is 2.11. The van der Waals surface area contributed by atoms with Crippen LogP contribution in [0.3, 0.4) is 0 Å². The summed E-state index contributed by atoms with van der Waals surface area (Å²) >= 11 is 2.89. The molecule has 0 radical (unpaired) electrons. The van der Waals surface area contributed by atoms with Crippen molar-refractivity contribution in [2.75, 3.05) is 25.4 Å². The Balaban J connectivity index is 1.77. The summed E-state index contributed by atoms with van der Waals surface area (Å²) in [4.78, 5) is 28.5. The molecule has 2 aromatic heterocycles. The maximum absolute atomic E-state index is 11.8. The Morgan fingerprint density at radius 1 is 1.48 bits per heavy atom. The van der Waals surface area contributed by atoms with Gasteiger partial charge in [0.05, 0.1) is 11.4 Å². The van der Waals surface area contributed by atoms with Crippen molar-refractivity contribution in [3.8, 4) is 0 Å². The summed E-state index contributed by atoms with van der Waals surface area (Å²) in [5.41, 5.74) is 0.639. The van der Waals surface area contributed by atoms with E-state index < -0.39 is 0 Å². The Bertz CT molecular complexity index is 653. The predicted molar refractivity (Wildman–Crippen MR) is 87.1 cm³/mol. The lowest BCUT2D eigenvalue weighted by Gasteiger charge is -2.05. The van der Waals surface area contributed by atoms with Gasteiger partial charge in [-0.15, -0.1) is 23.1 Å². The molecule has 0 aromatic carbocycles.